The molecule has 0 aliphatic heterocycles. The molecule has 0 unspecified atom stereocenters. The minimum absolute atomic E-state index is 0.00255. The minimum Gasteiger partial charge on any atom is -0.276 e. The standard InChI is InChI=1S/C10H10FN3O2S/c1-14-7-9(6-12-14)13-17(15,16)10-4-2-8(11)3-5-10/h2-7,13H,1H3. The Labute approximate surface area is 97.9 Å². The largest absolute Gasteiger partial charge is 0.276 e. The van der Waals surface area contributed by atoms with Gasteiger partial charge in [-0.15, -0.1) is 0 Å². The Morgan fingerprint density at radius 2 is 1.94 bits per heavy atom. The van der Waals surface area contributed by atoms with Crippen molar-refractivity contribution < 1.29 is 12.8 Å². The highest BCUT2D eigenvalue weighted by molar-refractivity contribution is 7.92. The van der Waals surface area contributed by atoms with E-state index in [4.69, 9.17) is 0 Å². The number of hydrogen-bond acceptors (Lipinski definition) is 3. The number of aromatic nitrogens is 2. The maximum atomic E-state index is 12.7. The van der Waals surface area contributed by atoms with Gasteiger partial charge in [-0.2, -0.15) is 5.10 Å². The molecular weight excluding hydrogens is 245 g/mol. The minimum atomic E-state index is -3.69. The Kier molecular flexibility index (Phi) is 2.84. The van der Waals surface area contributed by atoms with E-state index >= 15 is 0 Å². The highest BCUT2D eigenvalue weighted by Gasteiger charge is 2.14. The monoisotopic (exact) mass is 255 g/mol. The SMILES string of the molecule is Cn1cc(NS(=O)(=O)c2ccc(F)cc2)cn1. The van der Waals surface area contributed by atoms with Crippen LogP contribution in [0.25, 0.3) is 0 Å². The predicted octanol–water partition coefficient (Wildman–Crippen LogP) is 1.36. The molecule has 1 N–H and O–H groups in total. The molecule has 0 radical (unpaired) electrons. The van der Waals surface area contributed by atoms with Crippen molar-refractivity contribution in [1.82, 2.24) is 9.78 Å². The van der Waals surface area contributed by atoms with Crippen LogP contribution >= 0.6 is 0 Å². The van der Waals surface area contributed by atoms with Gasteiger partial charge in [-0.05, 0) is 24.3 Å². The number of aryl methyl sites for hydroxylation is 1. The summed E-state index contributed by atoms with van der Waals surface area (Å²) >= 11 is 0. The Hall–Kier alpha value is -1.89. The maximum absolute atomic E-state index is 12.7. The number of sulfonamides is 1. The molecule has 1 aromatic carbocycles. The van der Waals surface area contributed by atoms with Crippen molar-refractivity contribution in [2.24, 2.45) is 7.05 Å². The van der Waals surface area contributed by atoms with E-state index in [1.807, 2.05) is 0 Å². The van der Waals surface area contributed by atoms with Gasteiger partial charge in [0.1, 0.15) is 5.82 Å². The van der Waals surface area contributed by atoms with Gasteiger partial charge in [0.15, 0.2) is 0 Å². The van der Waals surface area contributed by atoms with E-state index < -0.39 is 15.8 Å². The van der Waals surface area contributed by atoms with E-state index in [1.54, 1.807) is 7.05 Å². The number of nitrogens with one attached hydrogen (secondary N) is 1. The zero-order valence-electron chi connectivity index (χ0n) is 8.96. The van der Waals surface area contributed by atoms with Crippen molar-refractivity contribution in [2.45, 2.75) is 4.90 Å². The van der Waals surface area contributed by atoms with Gasteiger partial charge in [-0.3, -0.25) is 9.40 Å². The quantitative estimate of drug-likeness (QED) is 0.900. The van der Waals surface area contributed by atoms with E-state index in [2.05, 4.69) is 9.82 Å². The summed E-state index contributed by atoms with van der Waals surface area (Å²) in [7, 11) is -2.01. The number of halogens is 1. The fraction of sp³-hybridized carbons (Fsp3) is 0.100. The molecular formula is C10H10FN3O2S. The molecule has 1 heterocycles. The Balaban J connectivity index is 2.28. The van der Waals surface area contributed by atoms with Crippen molar-refractivity contribution in [3.05, 3.63) is 42.5 Å². The molecule has 2 aromatic rings. The summed E-state index contributed by atoms with van der Waals surface area (Å²) in [6.07, 6.45) is 2.92. The van der Waals surface area contributed by atoms with E-state index in [0.29, 0.717) is 5.69 Å². The van der Waals surface area contributed by atoms with Gasteiger partial charge < -0.3 is 0 Å². The third-order valence-electron chi connectivity index (χ3n) is 2.08. The molecule has 90 valence electrons. The van der Waals surface area contributed by atoms with E-state index in [0.717, 1.165) is 12.1 Å². The van der Waals surface area contributed by atoms with Gasteiger partial charge in [-0.1, -0.05) is 0 Å². The van der Waals surface area contributed by atoms with Crippen LogP contribution in [0.2, 0.25) is 0 Å². The van der Waals surface area contributed by atoms with Gasteiger partial charge in [0.2, 0.25) is 0 Å². The van der Waals surface area contributed by atoms with Crippen molar-refractivity contribution >= 4 is 15.7 Å². The Bertz CT molecular complexity index is 619. The molecule has 0 aliphatic rings. The van der Waals surface area contributed by atoms with Crippen LogP contribution in [0.15, 0.2) is 41.6 Å². The van der Waals surface area contributed by atoms with Crippen LogP contribution in [-0.2, 0) is 17.1 Å². The van der Waals surface area contributed by atoms with Crippen LogP contribution < -0.4 is 4.72 Å². The third kappa shape index (κ3) is 2.62. The molecule has 0 fully saturated rings. The highest BCUT2D eigenvalue weighted by Crippen LogP contribution is 2.15. The van der Waals surface area contributed by atoms with Crippen molar-refractivity contribution in [3.8, 4) is 0 Å². The molecule has 0 saturated heterocycles. The summed E-state index contributed by atoms with van der Waals surface area (Å²) in [6, 6.07) is 4.59. The van der Waals surface area contributed by atoms with E-state index in [1.165, 1.54) is 29.2 Å². The number of hydrogen-bond donors (Lipinski definition) is 1. The molecule has 5 nitrogen and oxygen atoms in total. The lowest BCUT2D eigenvalue weighted by Gasteiger charge is -2.05. The molecule has 0 spiro atoms. The van der Waals surface area contributed by atoms with Gasteiger partial charge in [-0.25, -0.2) is 12.8 Å². The smallest absolute Gasteiger partial charge is 0.261 e. The topological polar surface area (TPSA) is 64.0 Å². The molecule has 7 heteroatoms. The lowest BCUT2D eigenvalue weighted by molar-refractivity contribution is 0.599. The summed E-state index contributed by atoms with van der Waals surface area (Å²) in [6.45, 7) is 0. The fourth-order valence-electron chi connectivity index (χ4n) is 1.30. The first-order valence-electron chi connectivity index (χ1n) is 4.74. The Morgan fingerprint density at radius 3 is 2.47 bits per heavy atom. The molecule has 0 amide bonds. The average Bonchev–Trinajstić information content (AvgIpc) is 2.63. The lowest BCUT2D eigenvalue weighted by atomic mass is 10.4. The first-order valence-corrected chi connectivity index (χ1v) is 6.23. The summed E-state index contributed by atoms with van der Waals surface area (Å²) in [4.78, 5) is 0.00255. The first-order chi connectivity index (χ1) is 7.97. The predicted molar refractivity (Wildman–Crippen MR) is 60.4 cm³/mol. The highest BCUT2D eigenvalue weighted by atomic mass is 32.2. The van der Waals surface area contributed by atoms with Gasteiger partial charge in [0, 0.05) is 13.2 Å². The van der Waals surface area contributed by atoms with Crippen LogP contribution in [0, 0.1) is 5.82 Å². The van der Waals surface area contributed by atoms with Gasteiger partial charge in [0.25, 0.3) is 10.0 Å². The summed E-state index contributed by atoms with van der Waals surface area (Å²) in [5.41, 5.74) is 0.358. The molecule has 2 rings (SSSR count). The zero-order valence-corrected chi connectivity index (χ0v) is 9.78. The van der Waals surface area contributed by atoms with Crippen molar-refractivity contribution in [2.75, 3.05) is 4.72 Å². The van der Waals surface area contributed by atoms with Gasteiger partial charge in [0.05, 0.1) is 16.8 Å². The van der Waals surface area contributed by atoms with Crippen LogP contribution in [0.3, 0.4) is 0 Å². The summed E-state index contributed by atoms with van der Waals surface area (Å²) in [5.74, 6) is -0.481. The number of rotatable bonds is 3. The number of benzene rings is 1. The normalized spacial score (nSPS) is 11.4. The lowest BCUT2D eigenvalue weighted by Crippen LogP contribution is -2.12. The second-order valence-electron chi connectivity index (χ2n) is 3.46. The second-order valence-corrected chi connectivity index (χ2v) is 5.14. The molecule has 0 saturated carbocycles. The van der Waals surface area contributed by atoms with Crippen LogP contribution in [0.4, 0.5) is 10.1 Å². The number of nitrogens with zero attached hydrogens (tertiary/aromatic N) is 2. The van der Waals surface area contributed by atoms with Gasteiger partial charge >= 0.3 is 0 Å². The fourth-order valence-corrected chi connectivity index (χ4v) is 2.33. The number of anilines is 1. The van der Waals surface area contributed by atoms with E-state index in [-0.39, 0.29) is 4.90 Å². The van der Waals surface area contributed by atoms with Crippen LogP contribution in [0.1, 0.15) is 0 Å². The first kappa shape index (κ1) is 11.6. The average molecular weight is 255 g/mol. The molecule has 0 atom stereocenters. The molecule has 17 heavy (non-hydrogen) atoms. The van der Waals surface area contributed by atoms with Crippen molar-refractivity contribution in [1.29, 1.82) is 0 Å². The molecule has 1 aromatic heterocycles. The van der Waals surface area contributed by atoms with Crippen LogP contribution in [-0.4, -0.2) is 18.2 Å². The second kappa shape index (κ2) is 4.17. The summed E-state index contributed by atoms with van der Waals surface area (Å²) < 4.78 is 40.2. The summed E-state index contributed by atoms with van der Waals surface area (Å²) in [5, 5.41) is 3.84. The van der Waals surface area contributed by atoms with Crippen molar-refractivity contribution in [3.63, 3.8) is 0 Å². The van der Waals surface area contributed by atoms with Crippen LogP contribution in [0.5, 0.6) is 0 Å². The molecule has 0 aliphatic carbocycles. The zero-order chi connectivity index (χ0) is 12.5. The van der Waals surface area contributed by atoms with E-state index in [9.17, 15) is 12.8 Å². The third-order valence-corrected chi connectivity index (χ3v) is 3.48. The maximum Gasteiger partial charge on any atom is 0.261 e. The Morgan fingerprint density at radius 1 is 1.29 bits per heavy atom. The molecule has 0 bridgehead atoms.